The molecule has 94 valence electrons. The van der Waals surface area contributed by atoms with E-state index in [1.165, 1.54) is 37.3 Å². The van der Waals surface area contributed by atoms with Crippen molar-refractivity contribution in [1.29, 1.82) is 0 Å². The first-order valence-electron chi connectivity index (χ1n) is 5.01. The molecule has 7 heteroatoms. The summed E-state index contributed by atoms with van der Waals surface area (Å²) in [6, 6.07) is 4.45. The monoisotopic (exact) mass is 250 g/mol. The average molecular weight is 250 g/mol. The zero-order valence-corrected chi connectivity index (χ0v) is 9.75. The molecule has 0 aliphatic carbocycles. The minimum absolute atomic E-state index is 0.135. The Morgan fingerprint density at radius 2 is 2.11 bits per heavy atom. The molecule has 0 aliphatic rings. The van der Waals surface area contributed by atoms with Crippen molar-refractivity contribution in [3.05, 3.63) is 40.1 Å². The molecule has 2 rings (SSSR count). The normalized spacial score (nSPS) is 10.3. The molecule has 1 heterocycles. The van der Waals surface area contributed by atoms with E-state index >= 15 is 0 Å². The third-order valence-electron chi connectivity index (χ3n) is 2.57. The third-order valence-corrected chi connectivity index (χ3v) is 2.57. The molecular weight excluding hydrogens is 240 g/mol. The first-order valence-corrected chi connectivity index (χ1v) is 5.01. The number of benzene rings is 1. The Morgan fingerprint density at radius 3 is 2.67 bits per heavy atom. The van der Waals surface area contributed by atoms with E-state index in [2.05, 4.69) is 4.74 Å². The van der Waals surface area contributed by atoms with E-state index < -0.39 is 10.9 Å². The van der Waals surface area contributed by atoms with Gasteiger partial charge in [-0.3, -0.25) is 10.1 Å². The Hall–Kier alpha value is -2.57. The summed E-state index contributed by atoms with van der Waals surface area (Å²) in [5.41, 5.74) is 0.313. The first-order chi connectivity index (χ1) is 8.60. The number of carbonyl (C=O) groups is 1. The number of nitro groups is 1. The molecule has 0 N–H and O–H groups in total. The summed E-state index contributed by atoms with van der Waals surface area (Å²) in [4.78, 5) is 27.0. The summed E-state index contributed by atoms with van der Waals surface area (Å²) in [7, 11) is 2.60. The lowest BCUT2D eigenvalue weighted by molar-refractivity contribution is -0.383. The molecule has 18 heavy (non-hydrogen) atoms. The lowest BCUT2D eigenvalue weighted by atomic mass is 10.1. The van der Waals surface area contributed by atoms with Crippen LogP contribution >= 0.6 is 0 Å². The van der Waals surface area contributed by atoms with Gasteiger partial charge in [0.05, 0.1) is 23.8 Å². The quantitative estimate of drug-likeness (QED) is 0.467. The molecule has 7 nitrogen and oxygen atoms in total. The molecule has 0 spiro atoms. The fraction of sp³-hybridized carbons (Fsp3) is 0.182. The highest BCUT2D eigenvalue weighted by molar-refractivity contribution is 6.06. The molecule has 0 unspecified atom stereocenters. The second kappa shape index (κ2) is 4.36. The van der Waals surface area contributed by atoms with Gasteiger partial charge in [-0.25, -0.2) is 4.79 Å². The summed E-state index contributed by atoms with van der Waals surface area (Å²) in [6.07, 6.45) is 1.36. The molecule has 0 atom stereocenters. The summed E-state index contributed by atoms with van der Waals surface area (Å²) >= 11 is 0. The lowest BCUT2D eigenvalue weighted by Crippen LogP contribution is -2.05. The van der Waals surface area contributed by atoms with Gasteiger partial charge < -0.3 is 9.57 Å². The van der Waals surface area contributed by atoms with E-state index in [-0.39, 0.29) is 16.8 Å². The van der Waals surface area contributed by atoms with Gasteiger partial charge in [-0.1, -0.05) is 12.1 Å². The van der Waals surface area contributed by atoms with Gasteiger partial charge in [0.1, 0.15) is 7.11 Å². The Kier molecular flexibility index (Phi) is 2.88. The number of ether oxygens (including phenoxy) is 1. The molecule has 0 radical (unpaired) electrons. The zero-order chi connectivity index (χ0) is 13.3. The van der Waals surface area contributed by atoms with E-state index in [1.807, 2.05) is 0 Å². The van der Waals surface area contributed by atoms with Crippen molar-refractivity contribution in [2.45, 2.75) is 0 Å². The predicted molar refractivity (Wildman–Crippen MR) is 62.4 cm³/mol. The molecule has 1 aromatic carbocycles. The lowest BCUT2D eigenvalue weighted by Gasteiger charge is -2.01. The van der Waals surface area contributed by atoms with Crippen molar-refractivity contribution < 1.29 is 19.3 Å². The van der Waals surface area contributed by atoms with Crippen LogP contribution in [-0.2, 0) is 4.74 Å². The van der Waals surface area contributed by atoms with E-state index in [9.17, 15) is 14.9 Å². The first kappa shape index (κ1) is 11.9. The molecule has 1 aromatic heterocycles. The highest BCUT2D eigenvalue weighted by Gasteiger charge is 2.23. The molecule has 0 saturated heterocycles. The van der Waals surface area contributed by atoms with Crippen LogP contribution in [0, 0.1) is 10.1 Å². The van der Waals surface area contributed by atoms with Gasteiger partial charge in [-0.15, -0.1) is 0 Å². The SMILES string of the molecule is COC(=O)c1cn(OC)c2c([N+](=O)[O-])cccc12. The summed E-state index contributed by atoms with van der Waals surface area (Å²) in [5.74, 6) is -0.573. The van der Waals surface area contributed by atoms with Gasteiger partial charge in [0, 0.05) is 11.5 Å². The fourth-order valence-electron chi connectivity index (χ4n) is 1.80. The molecule has 0 aliphatic heterocycles. The van der Waals surface area contributed by atoms with Crippen LogP contribution < -0.4 is 4.84 Å². The van der Waals surface area contributed by atoms with Crippen molar-refractivity contribution in [2.75, 3.05) is 14.2 Å². The Morgan fingerprint density at radius 1 is 1.39 bits per heavy atom. The van der Waals surface area contributed by atoms with Crippen molar-refractivity contribution >= 4 is 22.6 Å². The van der Waals surface area contributed by atoms with Crippen LogP contribution in [0.2, 0.25) is 0 Å². The number of rotatable bonds is 3. The molecule has 0 fully saturated rings. The number of hydrogen-bond donors (Lipinski definition) is 0. The predicted octanol–water partition coefficient (Wildman–Crippen LogP) is 1.39. The second-order valence-corrected chi connectivity index (χ2v) is 3.47. The molecule has 0 bridgehead atoms. The van der Waals surface area contributed by atoms with Gasteiger partial charge in [-0.05, 0) is 0 Å². The number of nitro benzene ring substituents is 1. The fourth-order valence-corrected chi connectivity index (χ4v) is 1.80. The smallest absolute Gasteiger partial charge is 0.340 e. The molecule has 2 aromatic rings. The number of esters is 1. The van der Waals surface area contributed by atoms with Crippen LogP contribution in [0.1, 0.15) is 10.4 Å². The van der Waals surface area contributed by atoms with Gasteiger partial charge in [0.25, 0.3) is 5.69 Å². The average Bonchev–Trinajstić information content (AvgIpc) is 2.76. The minimum Gasteiger partial charge on any atom is -0.465 e. The number of hydrogen-bond acceptors (Lipinski definition) is 5. The van der Waals surface area contributed by atoms with Crippen LogP contribution in [0.3, 0.4) is 0 Å². The Labute approximate surface area is 102 Å². The summed E-state index contributed by atoms with van der Waals surface area (Å²) < 4.78 is 5.81. The molecule has 0 saturated carbocycles. The number of fused-ring (bicyclic) bond motifs is 1. The number of aromatic nitrogens is 1. The Bertz CT molecular complexity index is 632. The number of nitrogens with zero attached hydrogens (tertiary/aromatic N) is 2. The second-order valence-electron chi connectivity index (χ2n) is 3.47. The van der Waals surface area contributed by atoms with Crippen molar-refractivity contribution in [2.24, 2.45) is 0 Å². The van der Waals surface area contributed by atoms with E-state index in [0.29, 0.717) is 5.39 Å². The summed E-state index contributed by atoms with van der Waals surface area (Å²) in [5, 5.41) is 11.4. The minimum atomic E-state index is -0.573. The largest absolute Gasteiger partial charge is 0.465 e. The zero-order valence-electron chi connectivity index (χ0n) is 9.75. The highest BCUT2D eigenvalue weighted by Crippen LogP contribution is 2.29. The maximum absolute atomic E-state index is 11.6. The number of para-hydroxylation sites is 1. The Balaban J connectivity index is 2.83. The third kappa shape index (κ3) is 1.65. The van der Waals surface area contributed by atoms with Crippen LogP contribution in [0.25, 0.3) is 10.9 Å². The van der Waals surface area contributed by atoms with Crippen LogP contribution in [0.4, 0.5) is 5.69 Å². The van der Waals surface area contributed by atoms with Crippen molar-refractivity contribution in [3.63, 3.8) is 0 Å². The standard InChI is InChI=1S/C11H10N2O5/c1-17-11(14)8-6-12(18-2)10-7(8)4-3-5-9(10)13(15)16/h3-6H,1-2H3. The van der Waals surface area contributed by atoms with Gasteiger partial charge >= 0.3 is 5.97 Å². The number of non-ortho nitro benzene ring substituents is 1. The van der Waals surface area contributed by atoms with E-state index in [1.54, 1.807) is 6.07 Å². The maximum atomic E-state index is 11.6. The molecular formula is C11H10N2O5. The number of methoxy groups -OCH3 is 1. The highest BCUT2D eigenvalue weighted by atomic mass is 16.6. The van der Waals surface area contributed by atoms with E-state index in [4.69, 9.17) is 4.84 Å². The van der Waals surface area contributed by atoms with Crippen LogP contribution in [0.5, 0.6) is 0 Å². The van der Waals surface area contributed by atoms with Crippen molar-refractivity contribution in [3.8, 4) is 0 Å². The van der Waals surface area contributed by atoms with Crippen LogP contribution in [-0.4, -0.2) is 29.8 Å². The van der Waals surface area contributed by atoms with Crippen molar-refractivity contribution in [1.82, 2.24) is 4.73 Å². The van der Waals surface area contributed by atoms with Gasteiger partial charge in [-0.2, -0.15) is 4.73 Å². The number of carbonyl (C=O) groups excluding carboxylic acids is 1. The van der Waals surface area contributed by atoms with E-state index in [0.717, 1.165) is 0 Å². The summed E-state index contributed by atoms with van der Waals surface area (Å²) in [6.45, 7) is 0. The topological polar surface area (TPSA) is 83.6 Å². The van der Waals surface area contributed by atoms with Gasteiger partial charge in [0.2, 0.25) is 0 Å². The van der Waals surface area contributed by atoms with Crippen LogP contribution in [0.15, 0.2) is 24.4 Å². The molecule has 0 amide bonds. The maximum Gasteiger partial charge on any atom is 0.340 e. The van der Waals surface area contributed by atoms with Gasteiger partial charge in [0.15, 0.2) is 5.52 Å².